The molecule has 1 N–H and O–H groups in total. The molecular weight excluding hydrogens is 216 g/mol. The van der Waals surface area contributed by atoms with Crippen LogP contribution >= 0.6 is 0 Å². The van der Waals surface area contributed by atoms with E-state index in [-0.39, 0.29) is 5.91 Å². The Hall–Kier alpha value is -1.91. The highest BCUT2D eigenvalue weighted by Gasteiger charge is 2.16. The minimum Gasteiger partial charge on any atom is -0.347 e. The molecule has 5 heteroatoms. The number of hydrogen-bond acceptors (Lipinski definition) is 4. The van der Waals surface area contributed by atoms with Crippen LogP contribution in [0.4, 0.5) is 5.95 Å². The molecule has 1 aliphatic heterocycles. The molecule has 1 saturated heterocycles. The van der Waals surface area contributed by atoms with Crippen LogP contribution in [0.2, 0.25) is 0 Å². The molecule has 1 amide bonds. The van der Waals surface area contributed by atoms with E-state index in [2.05, 4.69) is 26.8 Å². The van der Waals surface area contributed by atoms with Gasteiger partial charge in [-0.15, -0.1) is 6.58 Å². The van der Waals surface area contributed by atoms with Crippen LogP contribution in [-0.2, 0) is 0 Å². The van der Waals surface area contributed by atoms with Crippen molar-refractivity contribution in [1.29, 1.82) is 0 Å². The third-order valence-electron chi connectivity index (χ3n) is 2.67. The third kappa shape index (κ3) is 2.81. The highest BCUT2D eigenvalue weighted by molar-refractivity contribution is 5.92. The van der Waals surface area contributed by atoms with Crippen molar-refractivity contribution >= 4 is 11.9 Å². The summed E-state index contributed by atoms with van der Waals surface area (Å²) in [5.74, 6) is 0.460. The fraction of sp³-hybridized carbons (Fsp3) is 0.417. The van der Waals surface area contributed by atoms with Gasteiger partial charge >= 0.3 is 0 Å². The molecule has 0 aliphatic carbocycles. The summed E-state index contributed by atoms with van der Waals surface area (Å²) in [6.45, 7) is 5.94. The van der Waals surface area contributed by atoms with Crippen molar-refractivity contribution in [3.8, 4) is 0 Å². The number of carbonyl (C=O) groups is 1. The maximum atomic E-state index is 11.7. The molecule has 0 aromatic carbocycles. The zero-order valence-corrected chi connectivity index (χ0v) is 9.72. The lowest BCUT2D eigenvalue weighted by Gasteiger charge is -2.14. The number of nitrogens with zero attached hydrogens (tertiary/aromatic N) is 3. The fourth-order valence-corrected chi connectivity index (χ4v) is 1.80. The Bertz CT molecular complexity index is 413. The largest absolute Gasteiger partial charge is 0.347 e. The molecule has 90 valence electrons. The first-order valence-corrected chi connectivity index (χ1v) is 5.78. The Kier molecular flexibility index (Phi) is 3.69. The summed E-state index contributed by atoms with van der Waals surface area (Å²) in [6, 6.07) is 1.62. The minimum absolute atomic E-state index is 0.187. The number of carbonyl (C=O) groups excluding carboxylic acids is 1. The van der Waals surface area contributed by atoms with Gasteiger partial charge in [-0.3, -0.25) is 4.79 Å². The molecule has 1 aromatic rings. The molecule has 1 aliphatic rings. The lowest BCUT2D eigenvalue weighted by molar-refractivity contribution is 0.0953. The van der Waals surface area contributed by atoms with Crippen LogP contribution in [0.5, 0.6) is 0 Å². The predicted molar refractivity (Wildman–Crippen MR) is 66.0 cm³/mol. The molecule has 0 atom stereocenters. The second kappa shape index (κ2) is 5.43. The van der Waals surface area contributed by atoms with E-state index < -0.39 is 0 Å². The molecule has 5 nitrogen and oxygen atoms in total. The van der Waals surface area contributed by atoms with Gasteiger partial charge in [0.15, 0.2) is 0 Å². The Morgan fingerprint density at radius 3 is 3.00 bits per heavy atom. The summed E-state index contributed by atoms with van der Waals surface area (Å²) in [5.41, 5.74) is 0.406. The van der Waals surface area contributed by atoms with Crippen LogP contribution in [0.15, 0.2) is 24.9 Å². The average Bonchev–Trinajstić information content (AvgIpc) is 2.90. The van der Waals surface area contributed by atoms with Crippen LogP contribution in [0.1, 0.15) is 23.3 Å². The maximum absolute atomic E-state index is 11.7. The van der Waals surface area contributed by atoms with Crippen LogP contribution in [0, 0.1) is 0 Å². The lowest BCUT2D eigenvalue weighted by Crippen LogP contribution is -2.26. The molecule has 0 radical (unpaired) electrons. The summed E-state index contributed by atoms with van der Waals surface area (Å²) in [6.07, 6.45) is 5.59. The zero-order chi connectivity index (χ0) is 12.1. The number of nitrogens with one attached hydrogen (secondary N) is 1. The van der Waals surface area contributed by atoms with Gasteiger partial charge in [0.2, 0.25) is 5.95 Å². The maximum Gasteiger partial charge on any atom is 0.270 e. The van der Waals surface area contributed by atoms with Gasteiger partial charge < -0.3 is 10.2 Å². The van der Waals surface area contributed by atoms with Gasteiger partial charge in [-0.2, -0.15) is 0 Å². The smallest absolute Gasteiger partial charge is 0.270 e. The van der Waals surface area contributed by atoms with E-state index in [1.54, 1.807) is 18.3 Å². The van der Waals surface area contributed by atoms with E-state index in [1.165, 1.54) is 0 Å². The molecule has 2 rings (SSSR count). The predicted octanol–water partition coefficient (Wildman–Crippen LogP) is 0.993. The van der Waals surface area contributed by atoms with E-state index in [0.717, 1.165) is 25.9 Å². The van der Waals surface area contributed by atoms with Crippen molar-refractivity contribution in [3.05, 3.63) is 30.6 Å². The van der Waals surface area contributed by atoms with Crippen molar-refractivity contribution in [2.24, 2.45) is 0 Å². The summed E-state index contributed by atoms with van der Waals surface area (Å²) < 4.78 is 0. The molecule has 1 fully saturated rings. The van der Waals surface area contributed by atoms with Gasteiger partial charge in [-0.25, -0.2) is 9.97 Å². The van der Waals surface area contributed by atoms with Crippen LogP contribution in [0.3, 0.4) is 0 Å². The molecule has 0 bridgehead atoms. The minimum atomic E-state index is -0.187. The Balaban J connectivity index is 2.10. The van der Waals surface area contributed by atoms with Crippen molar-refractivity contribution < 1.29 is 4.79 Å². The highest BCUT2D eigenvalue weighted by atomic mass is 16.1. The SMILES string of the molecule is C=CCNC(=O)c1ccnc(N2CCCC2)n1. The van der Waals surface area contributed by atoms with Gasteiger partial charge in [-0.05, 0) is 18.9 Å². The number of anilines is 1. The van der Waals surface area contributed by atoms with E-state index >= 15 is 0 Å². The molecule has 0 spiro atoms. The second-order valence-electron chi connectivity index (χ2n) is 3.93. The molecule has 17 heavy (non-hydrogen) atoms. The van der Waals surface area contributed by atoms with E-state index in [0.29, 0.717) is 18.2 Å². The molecule has 2 heterocycles. The monoisotopic (exact) mass is 232 g/mol. The van der Waals surface area contributed by atoms with Gasteiger partial charge in [-0.1, -0.05) is 6.08 Å². The number of amides is 1. The summed E-state index contributed by atoms with van der Waals surface area (Å²) in [7, 11) is 0. The van der Waals surface area contributed by atoms with Gasteiger partial charge in [0, 0.05) is 25.8 Å². The van der Waals surface area contributed by atoms with Gasteiger partial charge in [0.05, 0.1) is 0 Å². The number of aromatic nitrogens is 2. The third-order valence-corrected chi connectivity index (χ3v) is 2.67. The Morgan fingerprint density at radius 2 is 2.29 bits per heavy atom. The Labute approximate surface area is 101 Å². The lowest BCUT2D eigenvalue weighted by atomic mass is 10.4. The van der Waals surface area contributed by atoms with E-state index in [4.69, 9.17) is 0 Å². The van der Waals surface area contributed by atoms with Crippen molar-refractivity contribution in [2.75, 3.05) is 24.5 Å². The van der Waals surface area contributed by atoms with Crippen molar-refractivity contribution in [3.63, 3.8) is 0 Å². The summed E-state index contributed by atoms with van der Waals surface area (Å²) in [5, 5.41) is 2.70. The Morgan fingerprint density at radius 1 is 1.53 bits per heavy atom. The van der Waals surface area contributed by atoms with Crippen LogP contribution in [-0.4, -0.2) is 35.5 Å². The molecular formula is C12H16N4O. The van der Waals surface area contributed by atoms with Crippen LogP contribution < -0.4 is 10.2 Å². The number of rotatable bonds is 4. The second-order valence-corrected chi connectivity index (χ2v) is 3.93. The molecule has 0 unspecified atom stereocenters. The number of hydrogen-bond donors (Lipinski definition) is 1. The normalized spacial score (nSPS) is 14.7. The first kappa shape index (κ1) is 11.6. The fourth-order valence-electron chi connectivity index (χ4n) is 1.80. The standard InChI is InChI=1S/C12H16N4O/c1-2-6-13-11(17)10-5-7-14-12(15-10)16-8-3-4-9-16/h2,5,7H,1,3-4,6,8-9H2,(H,13,17). The van der Waals surface area contributed by atoms with Crippen molar-refractivity contribution in [1.82, 2.24) is 15.3 Å². The molecule has 1 aromatic heterocycles. The first-order chi connectivity index (χ1) is 8.31. The zero-order valence-electron chi connectivity index (χ0n) is 9.72. The average molecular weight is 232 g/mol. The van der Waals surface area contributed by atoms with Crippen LogP contribution in [0.25, 0.3) is 0 Å². The molecule has 0 saturated carbocycles. The van der Waals surface area contributed by atoms with Gasteiger partial charge in [0.25, 0.3) is 5.91 Å². The highest BCUT2D eigenvalue weighted by Crippen LogP contribution is 2.15. The quantitative estimate of drug-likeness (QED) is 0.787. The van der Waals surface area contributed by atoms with E-state index in [9.17, 15) is 4.79 Å². The van der Waals surface area contributed by atoms with E-state index in [1.807, 2.05) is 0 Å². The topological polar surface area (TPSA) is 58.1 Å². The first-order valence-electron chi connectivity index (χ1n) is 5.78. The summed E-state index contributed by atoms with van der Waals surface area (Å²) in [4.78, 5) is 22.3. The summed E-state index contributed by atoms with van der Waals surface area (Å²) >= 11 is 0. The van der Waals surface area contributed by atoms with Gasteiger partial charge in [0.1, 0.15) is 5.69 Å². The van der Waals surface area contributed by atoms with Crippen molar-refractivity contribution in [2.45, 2.75) is 12.8 Å².